The number of hydrogen-bond acceptors (Lipinski definition) is 5. The average Bonchev–Trinajstić information content (AvgIpc) is 3.51. The van der Waals surface area contributed by atoms with Crippen LogP contribution >= 0.6 is 0 Å². The standard InChI is InChI=1S/C26H21F2NO4/c1-15-19(16(2)30)6-4-7-20(15)21-8-3-5-18(29-21)14-24(31)25(11-12-25)17-9-10-22-23(13-17)33-26(27,28)32-22/h3-10,13H,11-12,14H2,1-2H3. The first kappa shape index (κ1) is 21.2. The van der Waals surface area contributed by atoms with Gasteiger partial charge in [0.1, 0.15) is 5.78 Å². The van der Waals surface area contributed by atoms with Crippen LogP contribution in [0.4, 0.5) is 8.78 Å². The van der Waals surface area contributed by atoms with Crippen molar-refractivity contribution in [2.45, 2.75) is 44.8 Å². The molecule has 3 aromatic rings. The van der Waals surface area contributed by atoms with E-state index in [0.717, 1.165) is 11.1 Å². The number of alkyl halides is 2. The summed E-state index contributed by atoms with van der Waals surface area (Å²) in [7, 11) is 0. The summed E-state index contributed by atoms with van der Waals surface area (Å²) in [4.78, 5) is 29.9. The molecule has 1 aromatic heterocycles. The van der Waals surface area contributed by atoms with Gasteiger partial charge in [-0.2, -0.15) is 0 Å². The number of fused-ring (bicyclic) bond motifs is 1. The van der Waals surface area contributed by atoms with Gasteiger partial charge in [-0.3, -0.25) is 14.6 Å². The Hall–Kier alpha value is -3.61. The van der Waals surface area contributed by atoms with Gasteiger partial charge in [0, 0.05) is 23.2 Å². The van der Waals surface area contributed by atoms with E-state index in [9.17, 15) is 18.4 Å². The zero-order valence-corrected chi connectivity index (χ0v) is 18.2. The Morgan fingerprint density at radius 2 is 1.73 bits per heavy atom. The molecule has 33 heavy (non-hydrogen) atoms. The number of Topliss-reactive ketones (excluding diaryl/α,β-unsaturated/α-hetero) is 2. The Bertz CT molecular complexity index is 1300. The van der Waals surface area contributed by atoms with Crippen molar-refractivity contribution in [2.75, 3.05) is 0 Å². The zero-order valence-electron chi connectivity index (χ0n) is 18.2. The number of halogens is 2. The molecule has 1 fully saturated rings. The van der Waals surface area contributed by atoms with Crippen LogP contribution in [0.3, 0.4) is 0 Å². The molecule has 0 N–H and O–H groups in total. The molecule has 0 spiro atoms. The van der Waals surface area contributed by atoms with Crippen molar-refractivity contribution in [3.05, 3.63) is 77.0 Å². The molecule has 0 bridgehead atoms. The molecule has 2 aliphatic rings. The third-order valence-electron chi connectivity index (χ3n) is 6.38. The van der Waals surface area contributed by atoms with Crippen molar-refractivity contribution < 1.29 is 27.8 Å². The molecule has 0 saturated heterocycles. The van der Waals surface area contributed by atoms with E-state index in [1.807, 2.05) is 31.2 Å². The first-order chi connectivity index (χ1) is 15.7. The molecule has 0 unspecified atom stereocenters. The van der Waals surface area contributed by atoms with Gasteiger partial charge in [-0.25, -0.2) is 0 Å². The van der Waals surface area contributed by atoms with Crippen LogP contribution in [0.15, 0.2) is 54.6 Å². The lowest BCUT2D eigenvalue weighted by Gasteiger charge is -2.15. The molecular weight excluding hydrogens is 428 g/mol. The Morgan fingerprint density at radius 1 is 1.00 bits per heavy atom. The average molecular weight is 449 g/mol. The van der Waals surface area contributed by atoms with Crippen molar-refractivity contribution in [3.8, 4) is 22.8 Å². The van der Waals surface area contributed by atoms with Crippen LogP contribution in [0.5, 0.6) is 11.5 Å². The van der Waals surface area contributed by atoms with E-state index in [1.54, 1.807) is 18.2 Å². The highest BCUT2D eigenvalue weighted by Gasteiger charge is 2.52. The quantitative estimate of drug-likeness (QED) is 0.470. The van der Waals surface area contributed by atoms with Crippen molar-refractivity contribution in [1.82, 2.24) is 4.98 Å². The lowest BCUT2D eigenvalue weighted by atomic mass is 9.88. The summed E-state index contributed by atoms with van der Waals surface area (Å²) in [5, 5.41) is 0. The van der Waals surface area contributed by atoms with E-state index < -0.39 is 11.7 Å². The van der Waals surface area contributed by atoms with Gasteiger partial charge in [-0.15, -0.1) is 8.78 Å². The number of benzene rings is 2. The number of carbonyl (C=O) groups is 2. The molecule has 0 radical (unpaired) electrons. The Balaban J connectivity index is 1.40. The van der Waals surface area contributed by atoms with Crippen LogP contribution in [0.25, 0.3) is 11.3 Å². The van der Waals surface area contributed by atoms with Crippen LogP contribution in [-0.2, 0) is 16.6 Å². The van der Waals surface area contributed by atoms with Gasteiger partial charge < -0.3 is 9.47 Å². The highest BCUT2D eigenvalue weighted by Crippen LogP contribution is 2.52. The van der Waals surface area contributed by atoms with Gasteiger partial charge in [0.2, 0.25) is 0 Å². The van der Waals surface area contributed by atoms with E-state index in [2.05, 4.69) is 14.5 Å². The fourth-order valence-corrected chi connectivity index (χ4v) is 4.46. The summed E-state index contributed by atoms with van der Waals surface area (Å²) < 4.78 is 35.7. The maximum absolute atomic E-state index is 13.4. The monoisotopic (exact) mass is 449 g/mol. The topological polar surface area (TPSA) is 65.5 Å². The van der Waals surface area contributed by atoms with Gasteiger partial charge in [0.15, 0.2) is 17.3 Å². The molecule has 2 heterocycles. The van der Waals surface area contributed by atoms with Crippen molar-refractivity contribution in [2.24, 2.45) is 0 Å². The Kier molecular flexibility index (Phi) is 4.81. The van der Waals surface area contributed by atoms with Gasteiger partial charge in [-0.1, -0.05) is 30.3 Å². The molecule has 1 aliphatic heterocycles. The summed E-state index contributed by atoms with van der Waals surface area (Å²) in [6.45, 7) is 3.41. The second kappa shape index (κ2) is 7.47. The summed E-state index contributed by atoms with van der Waals surface area (Å²) in [6.07, 6.45) is -2.30. The van der Waals surface area contributed by atoms with Crippen LogP contribution in [-0.4, -0.2) is 22.8 Å². The number of nitrogens with zero attached hydrogens (tertiary/aromatic N) is 1. The van der Waals surface area contributed by atoms with Gasteiger partial charge >= 0.3 is 6.29 Å². The number of carbonyl (C=O) groups excluding carboxylic acids is 2. The fourth-order valence-electron chi connectivity index (χ4n) is 4.46. The Labute approximate surface area is 189 Å². The number of ketones is 2. The van der Waals surface area contributed by atoms with Crippen LogP contribution in [0, 0.1) is 6.92 Å². The molecule has 7 heteroatoms. The minimum Gasteiger partial charge on any atom is -0.395 e. The Morgan fingerprint density at radius 3 is 2.45 bits per heavy atom. The van der Waals surface area contributed by atoms with Crippen molar-refractivity contribution in [3.63, 3.8) is 0 Å². The van der Waals surface area contributed by atoms with Crippen molar-refractivity contribution in [1.29, 1.82) is 0 Å². The molecule has 1 aliphatic carbocycles. The molecule has 5 nitrogen and oxygen atoms in total. The second-order valence-corrected chi connectivity index (χ2v) is 8.56. The van der Waals surface area contributed by atoms with E-state index in [0.29, 0.717) is 35.4 Å². The van der Waals surface area contributed by atoms with E-state index in [-0.39, 0.29) is 29.5 Å². The molecular formula is C26H21F2NO4. The summed E-state index contributed by atoms with van der Waals surface area (Å²) in [5.74, 6) is -0.133. The third kappa shape index (κ3) is 3.77. The predicted octanol–water partition coefficient (Wildman–Crippen LogP) is 5.42. The van der Waals surface area contributed by atoms with Gasteiger partial charge in [-0.05, 0) is 62.1 Å². The second-order valence-electron chi connectivity index (χ2n) is 8.56. The van der Waals surface area contributed by atoms with Crippen LogP contribution in [0.2, 0.25) is 0 Å². The maximum atomic E-state index is 13.4. The van der Waals surface area contributed by atoms with E-state index in [1.165, 1.54) is 19.1 Å². The fraction of sp³-hybridized carbons (Fsp3) is 0.269. The molecule has 1 saturated carbocycles. The smallest absolute Gasteiger partial charge is 0.395 e. The predicted molar refractivity (Wildman–Crippen MR) is 117 cm³/mol. The molecule has 0 atom stereocenters. The molecule has 168 valence electrons. The van der Waals surface area contributed by atoms with Crippen molar-refractivity contribution >= 4 is 11.6 Å². The van der Waals surface area contributed by atoms with Gasteiger partial charge in [0.25, 0.3) is 0 Å². The third-order valence-corrected chi connectivity index (χ3v) is 6.38. The normalized spacial score (nSPS) is 17.0. The van der Waals surface area contributed by atoms with E-state index in [4.69, 9.17) is 0 Å². The maximum Gasteiger partial charge on any atom is 0.586 e. The number of rotatable bonds is 6. The number of aromatic nitrogens is 1. The molecule has 2 aromatic carbocycles. The largest absolute Gasteiger partial charge is 0.586 e. The summed E-state index contributed by atoms with van der Waals surface area (Å²) in [5.41, 5.74) is 3.56. The first-order valence-corrected chi connectivity index (χ1v) is 10.7. The van der Waals surface area contributed by atoms with Crippen LogP contribution in [0.1, 0.15) is 46.9 Å². The summed E-state index contributed by atoms with van der Waals surface area (Å²) in [6, 6.07) is 15.5. The zero-order chi connectivity index (χ0) is 23.4. The summed E-state index contributed by atoms with van der Waals surface area (Å²) >= 11 is 0. The van der Waals surface area contributed by atoms with Gasteiger partial charge in [0.05, 0.1) is 11.1 Å². The van der Waals surface area contributed by atoms with E-state index >= 15 is 0 Å². The lowest BCUT2D eigenvalue weighted by Crippen LogP contribution is -2.26. The number of ether oxygens (including phenoxy) is 2. The first-order valence-electron chi connectivity index (χ1n) is 10.7. The molecule has 5 rings (SSSR count). The number of hydrogen-bond donors (Lipinski definition) is 0. The number of pyridine rings is 1. The van der Waals surface area contributed by atoms with Crippen LogP contribution < -0.4 is 9.47 Å². The SMILES string of the molecule is CC(=O)c1cccc(-c2cccc(CC(=O)C3(c4ccc5c(c4)OC(F)(F)O5)CC3)n2)c1C. The minimum atomic E-state index is -3.69. The lowest BCUT2D eigenvalue weighted by molar-refractivity contribution is -0.286. The molecule has 0 amide bonds. The highest BCUT2D eigenvalue weighted by atomic mass is 19.3. The minimum absolute atomic E-state index is 0.0159. The highest BCUT2D eigenvalue weighted by molar-refractivity contribution is 5.97.